The van der Waals surface area contributed by atoms with Gasteiger partial charge in [-0.3, -0.25) is 10.1 Å². The second-order valence-electron chi connectivity index (χ2n) is 5.72. The highest BCUT2D eigenvalue weighted by molar-refractivity contribution is 6.13. The predicted octanol–water partition coefficient (Wildman–Crippen LogP) is 3.14. The number of esters is 1. The van der Waals surface area contributed by atoms with Gasteiger partial charge in [0.2, 0.25) is 5.90 Å². The minimum Gasteiger partial charge on any atom is -0.402 e. The summed E-state index contributed by atoms with van der Waals surface area (Å²) in [7, 11) is 3.39. The topological polar surface area (TPSA) is 85.0 Å². The first-order chi connectivity index (χ1) is 12.4. The Labute approximate surface area is 148 Å². The monoisotopic (exact) mass is 355 g/mol. The van der Waals surface area contributed by atoms with Gasteiger partial charge >= 0.3 is 5.97 Å². The van der Waals surface area contributed by atoms with Crippen molar-refractivity contribution < 1.29 is 18.8 Å². The molecule has 0 amide bonds. The molecule has 0 atom stereocenters. The Balaban J connectivity index is 2.00. The van der Waals surface area contributed by atoms with Crippen molar-refractivity contribution in [1.82, 2.24) is 0 Å². The van der Waals surface area contributed by atoms with Crippen molar-refractivity contribution >= 4 is 29.3 Å². The van der Waals surface area contributed by atoms with Crippen molar-refractivity contribution in [2.45, 2.75) is 0 Å². The van der Waals surface area contributed by atoms with Gasteiger partial charge in [0.1, 0.15) is 11.5 Å². The number of halogens is 1. The fourth-order valence-electron chi connectivity index (χ4n) is 2.47. The van der Waals surface area contributed by atoms with E-state index in [1.807, 2.05) is 0 Å². The van der Waals surface area contributed by atoms with Crippen LogP contribution in [0.5, 0.6) is 0 Å². The second-order valence-corrected chi connectivity index (χ2v) is 5.72. The first-order valence-corrected chi connectivity index (χ1v) is 7.60. The Hall–Kier alpha value is -3.55. The molecule has 0 N–H and O–H groups in total. The van der Waals surface area contributed by atoms with Crippen LogP contribution in [0.25, 0.3) is 6.08 Å². The van der Waals surface area contributed by atoms with Crippen molar-refractivity contribution in [2.24, 2.45) is 4.99 Å². The summed E-state index contributed by atoms with van der Waals surface area (Å²) < 4.78 is 18.8. The molecule has 132 valence electrons. The van der Waals surface area contributed by atoms with E-state index >= 15 is 0 Å². The summed E-state index contributed by atoms with van der Waals surface area (Å²) in [5.41, 5.74) is 0.747. The molecule has 0 saturated carbocycles. The summed E-state index contributed by atoms with van der Waals surface area (Å²) in [6, 6.07) is 10.3. The largest absolute Gasteiger partial charge is 0.402 e. The first-order valence-electron chi connectivity index (χ1n) is 7.60. The molecule has 1 aliphatic heterocycles. The van der Waals surface area contributed by atoms with E-state index in [9.17, 15) is 19.3 Å². The van der Waals surface area contributed by atoms with Crippen molar-refractivity contribution in [3.63, 3.8) is 0 Å². The molecule has 0 unspecified atom stereocenters. The van der Waals surface area contributed by atoms with Crippen LogP contribution in [-0.4, -0.2) is 30.9 Å². The van der Waals surface area contributed by atoms with E-state index in [-0.39, 0.29) is 22.8 Å². The maximum atomic E-state index is 13.8. The number of cyclic esters (lactones) is 1. The Morgan fingerprint density at radius 3 is 2.62 bits per heavy atom. The molecule has 1 aliphatic rings. The molecule has 0 aromatic heterocycles. The average Bonchev–Trinajstić information content (AvgIpc) is 2.95. The lowest BCUT2D eigenvalue weighted by Gasteiger charge is -2.12. The van der Waals surface area contributed by atoms with E-state index in [1.165, 1.54) is 30.3 Å². The minimum atomic E-state index is -0.748. The lowest BCUT2D eigenvalue weighted by molar-refractivity contribution is -0.384. The Bertz CT molecular complexity index is 967. The van der Waals surface area contributed by atoms with Crippen LogP contribution in [0.1, 0.15) is 11.1 Å². The third kappa shape index (κ3) is 3.30. The van der Waals surface area contributed by atoms with Crippen molar-refractivity contribution in [1.29, 1.82) is 0 Å². The standard InChI is InChI=1S/C18H14FN3O4/c1-21(2)15-8-7-11(10-16(15)22(24)25)9-14-18(23)26-17(20-14)12-5-3-4-6-13(12)19/h3-10H,1-2H3/b14-9-. The molecule has 2 aromatic carbocycles. The minimum absolute atomic E-state index is 0.0600. The van der Waals surface area contributed by atoms with Crippen LogP contribution in [0, 0.1) is 15.9 Å². The van der Waals surface area contributed by atoms with E-state index in [1.54, 1.807) is 37.2 Å². The third-order valence-electron chi connectivity index (χ3n) is 3.71. The fraction of sp³-hybridized carbons (Fsp3) is 0.111. The van der Waals surface area contributed by atoms with Crippen LogP contribution < -0.4 is 4.90 Å². The van der Waals surface area contributed by atoms with Gasteiger partial charge < -0.3 is 9.64 Å². The number of hydrogen-bond donors (Lipinski definition) is 0. The number of nitrogens with zero attached hydrogens (tertiary/aromatic N) is 3. The third-order valence-corrected chi connectivity index (χ3v) is 3.71. The summed E-state index contributed by atoms with van der Waals surface area (Å²) >= 11 is 0. The quantitative estimate of drug-likeness (QED) is 0.364. The maximum absolute atomic E-state index is 13.8. The molecule has 3 rings (SSSR count). The Morgan fingerprint density at radius 1 is 1.23 bits per heavy atom. The van der Waals surface area contributed by atoms with Gasteiger partial charge in [-0.05, 0) is 29.8 Å². The lowest BCUT2D eigenvalue weighted by Crippen LogP contribution is -2.11. The second kappa shape index (κ2) is 6.75. The molecule has 0 saturated heterocycles. The van der Waals surface area contributed by atoms with Crippen LogP contribution in [0.3, 0.4) is 0 Å². The fourth-order valence-corrected chi connectivity index (χ4v) is 2.47. The van der Waals surface area contributed by atoms with Gasteiger partial charge in [-0.15, -0.1) is 0 Å². The number of ether oxygens (including phenoxy) is 1. The number of benzene rings is 2. The summed E-state index contributed by atoms with van der Waals surface area (Å²) in [6.45, 7) is 0. The van der Waals surface area contributed by atoms with Gasteiger partial charge in [0.25, 0.3) is 5.69 Å². The van der Waals surface area contributed by atoms with Gasteiger partial charge in [-0.25, -0.2) is 14.2 Å². The molecule has 0 bridgehead atoms. The number of hydrogen-bond acceptors (Lipinski definition) is 6. The van der Waals surface area contributed by atoms with Crippen LogP contribution >= 0.6 is 0 Å². The van der Waals surface area contributed by atoms with Gasteiger partial charge in [0.05, 0.1) is 10.5 Å². The number of carbonyl (C=O) groups is 1. The molecule has 0 aliphatic carbocycles. The van der Waals surface area contributed by atoms with E-state index in [0.29, 0.717) is 11.3 Å². The van der Waals surface area contributed by atoms with Crippen molar-refractivity contribution in [3.05, 3.63) is 75.2 Å². The highest BCUT2D eigenvalue weighted by Gasteiger charge is 2.26. The predicted molar refractivity (Wildman–Crippen MR) is 94.4 cm³/mol. The zero-order valence-electron chi connectivity index (χ0n) is 14.0. The Kier molecular flexibility index (Phi) is 4.49. The maximum Gasteiger partial charge on any atom is 0.363 e. The molecule has 2 aromatic rings. The average molecular weight is 355 g/mol. The molecular weight excluding hydrogens is 341 g/mol. The molecule has 8 heteroatoms. The highest BCUT2D eigenvalue weighted by Crippen LogP contribution is 2.29. The smallest absolute Gasteiger partial charge is 0.363 e. The number of anilines is 1. The van der Waals surface area contributed by atoms with Crippen LogP contribution in [0.2, 0.25) is 0 Å². The van der Waals surface area contributed by atoms with Crippen molar-refractivity contribution in [2.75, 3.05) is 19.0 Å². The SMILES string of the molecule is CN(C)c1ccc(/C=C2\N=C(c3ccccc3F)OC2=O)cc1[N+](=O)[O-]. The summed E-state index contributed by atoms with van der Waals surface area (Å²) in [5.74, 6) is -1.45. The normalized spacial score (nSPS) is 15.0. The summed E-state index contributed by atoms with van der Waals surface area (Å²) in [4.78, 5) is 28.4. The van der Waals surface area contributed by atoms with Gasteiger partial charge in [-0.2, -0.15) is 0 Å². The number of rotatable bonds is 4. The summed E-state index contributed by atoms with van der Waals surface area (Å²) in [5, 5.41) is 11.3. The van der Waals surface area contributed by atoms with Crippen LogP contribution in [0.15, 0.2) is 53.2 Å². The zero-order valence-corrected chi connectivity index (χ0v) is 14.0. The Morgan fingerprint density at radius 2 is 1.96 bits per heavy atom. The number of aliphatic imine (C=N–C) groups is 1. The molecule has 26 heavy (non-hydrogen) atoms. The van der Waals surface area contributed by atoms with Crippen LogP contribution in [-0.2, 0) is 9.53 Å². The summed E-state index contributed by atoms with van der Waals surface area (Å²) in [6.07, 6.45) is 1.36. The molecule has 0 spiro atoms. The molecule has 1 heterocycles. The first kappa shape index (κ1) is 17.3. The number of nitro groups is 1. The van der Waals surface area contributed by atoms with Gasteiger partial charge in [0, 0.05) is 20.2 Å². The highest BCUT2D eigenvalue weighted by atomic mass is 19.1. The van der Waals surface area contributed by atoms with E-state index < -0.39 is 16.7 Å². The number of nitro benzene ring substituents is 1. The van der Waals surface area contributed by atoms with Gasteiger partial charge in [0.15, 0.2) is 5.70 Å². The van der Waals surface area contributed by atoms with E-state index in [0.717, 1.165) is 0 Å². The zero-order chi connectivity index (χ0) is 18.8. The van der Waals surface area contributed by atoms with E-state index in [4.69, 9.17) is 4.74 Å². The van der Waals surface area contributed by atoms with Crippen molar-refractivity contribution in [3.8, 4) is 0 Å². The molecule has 0 fully saturated rings. The molecule has 7 nitrogen and oxygen atoms in total. The molecule has 0 radical (unpaired) electrons. The molecular formula is C18H14FN3O4. The van der Waals surface area contributed by atoms with E-state index in [2.05, 4.69) is 4.99 Å². The number of carbonyl (C=O) groups excluding carboxylic acids is 1. The van der Waals surface area contributed by atoms with Crippen LogP contribution in [0.4, 0.5) is 15.8 Å². The lowest BCUT2D eigenvalue weighted by atomic mass is 10.1. The van der Waals surface area contributed by atoms with Gasteiger partial charge in [-0.1, -0.05) is 18.2 Å².